The van der Waals surface area contributed by atoms with E-state index in [4.69, 9.17) is 29.6 Å². The summed E-state index contributed by atoms with van der Waals surface area (Å²) < 4.78 is 27.9. The molecular weight excluding hydrogens is 443 g/mol. The lowest BCUT2D eigenvalue weighted by atomic mass is 10.2. The minimum atomic E-state index is -3.71. The number of thiocarbonyl (C=S) groups is 1. The standard InChI is InChI=1S/C13H10ClIN2O2S2/c14-11-7-9(15)3-6-12(11)17-21(18,19)10-4-1-8(2-5-10)13(16)20/h1-7,17H,(H2,16,20). The molecule has 0 atom stereocenters. The molecule has 0 saturated heterocycles. The van der Waals surface area contributed by atoms with E-state index in [1.165, 1.54) is 12.1 Å². The Balaban J connectivity index is 2.31. The number of rotatable bonds is 4. The molecule has 0 spiro atoms. The van der Waals surface area contributed by atoms with Gasteiger partial charge < -0.3 is 5.73 Å². The van der Waals surface area contributed by atoms with Crippen LogP contribution in [-0.2, 0) is 10.0 Å². The number of anilines is 1. The van der Waals surface area contributed by atoms with Gasteiger partial charge >= 0.3 is 0 Å². The second-order valence-corrected chi connectivity index (χ2v) is 7.89. The van der Waals surface area contributed by atoms with Crippen LogP contribution in [0.2, 0.25) is 5.02 Å². The molecule has 110 valence electrons. The summed E-state index contributed by atoms with van der Waals surface area (Å²) in [5, 5.41) is 0.338. The molecular formula is C13H10ClIN2O2S2. The molecule has 0 fully saturated rings. The molecule has 2 aromatic rings. The van der Waals surface area contributed by atoms with Gasteiger partial charge in [0, 0.05) is 9.13 Å². The van der Waals surface area contributed by atoms with Crippen molar-refractivity contribution in [2.75, 3.05) is 4.72 Å². The second kappa shape index (κ2) is 6.47. The number of hydrogen-bond acceptors (Lipinski definition) is 3. The van der Waals surface area contributed by atoms with Crippen LogP contribution in [0.1, 0.15) is 5.56 Å². The molecule has 0 amide bonds. The minimum Gasteiger partial charge on any atom is -0.389 e. The zero-order valence-electron chi connectivity index (χ0n) is 10.5. The molecule has 4 nitrogen and oxygen atoms in total. The topological polar surface area (TPSA) is 72.2 Å². The Bertz CT molecular complexity index is 792. The van der Waals surface area contributed by atoms with Gasteiger partial charge in [-0.3, -0.25) is 4.72 Å². The van der Waals surface area contributed by atoms with Gasteiger partial charge in [0.2, 0.25) is 0 Å². The summed E-state index contributed by atoms with van der Waals surface area (Å²) in [6, 6.07) is 11.1. The summed E-state index contributed by atoms with van der Waals surface area (Å²) in [5.74, 6) is 0. The van der Waals surface area contributed by atoms with E-state index in [0.29, 0.717) is 16.3 Å². The number of benzene rings is 2. The van der Waals surface area contributed by atoms with Gasteiger partial charge in [0.25, 0.3) is 10.0 Å². The molecule has 2 aromatic carbocycles. The van der Waals surface area contributed by atoms with E-state index in [1.54, 1.807) is 30.3 Å². The van der Waals surface area contributed by atoms with Gasteiger partial charge in [0.05, 0.1) is 15.6 Å². The molecule has 0 bridgehead atoms. The average molecular weight is 453 g/mol. The molecule has 0 aromatic heterocycles. The summed E-state index contributed by atoms with van der Waals surface area (Å²) in [4.78, 5) is 0.324. The van der Waals surface area contributed by atoms with E-state index in [0.717, 1.165) is 3.57 Å². The third kappa shape index (κ3) is 4.06. The smallest absolute Gasteiger partial charge is 0.261 e. The van der Waals surface area contributed by atoms with Crippen molar-refractivity contribution in [1.29, 1.82) is 0 Å². The lowest BCUT2D eigenvalue weighted by Crippen LogP contribution is -2.14. The average Bonchev–Trinajstić information content (AvgIpc) is 2.42. The molecule has 0 unspecified atom stereocenters. The zero-order chi connectivity index (χ0) is 15.6. The van der Waals surface area contributed by atoms with E-state index < -0.39 is 10.0 Å². The van der Waals surface area contributed by atoms with Gasteiger partial charge in [-0.15, -0.1) is 0 Å². The van der Waals surface area contributed by atoms with Crippen molar-refractivity contribution >= 4 is 67.1 Å². The highest BCUT2D eigenvalue weighted by Gasteiger charge is 2.16. The fourth-order valence-corrected chi connectivity index (χ4v) is 3.75. The van der Waals surface area contributed by atoms with Gasteiger partial charge in [-0.05, 0) is 52.9 Å². The summed E-state index contributed by atoms with van der Waals surface area (Å²) in [7, 11) is -3.71. The first-order valence-corrected chi connectivity index (χ1v) is 9.02. The maximum absolute atomic E-state index is 12.3. The molecule has 0 saturated carbocycles. The van der Waals surface area contributed by atoms with Crippen molar-refractivity contribution < 1.29 is 8.42 Å². The fourth-order valence-electron chi connectivity index (χ4n) is 1.57. The van der Waals surface area contributed by atoms with Gasteiger partial charge in [0.15, 0.2) is 0 Å². The Morgan fingerprint density at radius 1 is 1.19 bits per heavy atom. The molecule has 8 heteroatoms. The molecule has 3 N–H and O–H groups in total. The number of sulfonamides is 1. The van der Waals surface area contributed by atoms with Crippen LogP contribution in [0.15, 0.2) is 47.4 Å². The highest BCUT2D eigenvalue weighted by atomic mass is 127. The maximum atomic E-state index is 12.3. The van der Waals surface area contributed by atoms with Crippen molar-refractivity contribution in [3.8, 4) is 0 Å². The van der Waals surface area contributed by atoms with Crippen LogP contribution in [-0.4, -0.2) is 13.4 Å². The van der Waals surface area contributed by atoms with Crippen LogP contribution in [0.4, 0.5) is 5.69 Å². The molecule has 0 aliphatic rings. The van der Waals surface area contributed by atoms with Crippen molar-refractivity contribution in [3.63, 3.8) is 0 Å². The van der Waals surface area contributed by atoms with Crippen LogP contribution in [0, 0.1) is 3.57 Å². The molecule has 0 aliphatic heterocycles. The zero-order valence-corrected chi connectivity index (χ0v) is 15.1. The van der Waals surface area contributed by atoms with Crippen molar-refractivity contribution in [2.24, 2.45) is 5.73 Å². The Labute approximate surface area is 146 Å². The largest absolute Gasteiger partial charge is 0.389 e. The van der Waals surface area contributed by atoms with Crippen molar-refractivity contribution in [1.82, 2.24) is 0 Å². The van der Waals surface area contributed by atoms with Crippen LogP contribution in [0.3, 0.4) is 0 Å². The number of hydrogen-bond donors (Lipinski definition) is 2. The second-order valence-electron chi connectivity index (χ2n) is 4.12. The van der Waals surface area contributed by atoms with Crippen LogP contribution in [0.25, 0.3) is 0 Å². The SMILES string of the molecule is NC(=S)c1ccc(S(=O)(=O)Nc2ccc(I)cc2Cl)cc1. The van der Waals surface area contributed by atoms with E-state index in [9.17, 15) is 8.42 Å². The lowest BCUT2D eigenvalue weighted by molar-refractivity contribution is 0.601. The Kier molecular flexibility index (Phi) is 5.07. The fraction of sp³-hybridized carbons (Fsp3) is 0. The number of halogens is 2. The van der Waals surface area contributed by atoms with E-state index in [1.807, 2.05) is 0 Å². The first-order valence-electron chi connectivity index (χ1n) is 5.67. The van der Waals surface area contributed by atoms with Crippen LogP contribution >= 0.6 is 46.4 Å². The summed E-state index contributed by atoms with van der Waals surface area (Å²) in [6.45, 7) is 0. The Morgan fingerprint density at radius 3 is 2.33 bits per heavy atom. The van der Waals surface area contributed by atoms with Crippen molar-refractivity contribution in [2.45, 2.75) is 4.90 Å². The monoisotopic (exact) mass is 452 g/mol. The molecule has 0 radical (unpaired) electrons. The summed E-state index contributed by atoms with van der Waals surface area (Å²) >= 11 is 12.9. The third-order valence-electron chi connectivity index (χ3n) is 2.62. The predicted molar refractivity (Wildman–Crippen MR) is 97.3 cm³/mol. The van der Waals surface area contributed by atoms with Crippen molar-refractivity contribution in [3.05, 3.63) is 56.6 Å². The van der Waals surface area contributed by atoms with Gasteiger partial charge in [-0.25, -0.2) is 8.42 Å². The maximum Gasteiger partial charge on any atom is 0.261 e. The molecule has 2 rings (SSSR count). The van der Waals surface area contributed by atoms with Gasteiger partial charge in [-0.1, -0.05) is 36.0 Å². The number of nitrogens with two attached hydrogens (primary N) is 1. The first kappa shape index (κ1) is 16.5. The minimum absolute atomic E-state index is 0.108. The highest BCUT2D eigenvalue weighted by Crippen LogP contribution is 2.26. The van der Waals surface area contributed by atoms with E-state index in [-0.39, 0.29) is 9.88 Å². The van der Waals surface area contributed by atoms with Crippen LogP contribution in [0.5, 0.6) is 0 Å². The highest BCUT2D eigenvalue weighted by molar-refractivity contribution is 14.1. The first-order chi connectivity index (χ1) is 9.79. The molecule has 21 heavy (non-hydrogen) atoms. The Morgan fingerprint density at radius 2 is 1.81 bits per heavy atom. The van der Waals surface area contributed by atoms with E-state index >= 15 is 0 Å². The quantitative estimate of drug-likeness (QED) is 0.551. The van der Waals surface area contributed by atoms with E-state index in [2.05, 4.69) is 27.3 Å². The number of nitrogens with one attached hydrogen (secondary N) is 1. The summed E-state index contributed by atoms with van der Waals surface area (Å²) in [6.07, 6.45) is 0. The normalized spacial score (nSPS) is 11.1. The third-order valence-corrected chi connectivity index (χ3v) is 5.23. The summed E-state index contributed by atoms with van der Waals surface area (Å²) in [5.41, 5.74) is 6.42. The Hall–Kier alpha value is -0.900. The molecule has 0 heterocycles. The van der Waals surface area contributed by atoms with Gasteiger partial charge in [0.1, 0.15) is 4.99 Å². The lowest BCUT2D eigenvalue weighted by Gasteiger charge is -2.10. The predicted octanol–water partition coefficient (Wildman–Crippen LogP) is 3.38. The van der Waals surface area contributed by atoms with Crippen LogP contribution < -0.4 is 10.5 Å². The molecule has 0 aliphatic carbocycles. The van der Waals surface area contributed by atoms with Gasteiger partial charge in [-0.2, -0.15) is 0 Å².